The average Bonchev–Trinajstić information content (AvgIpc) is 1.27. The van der Waals surface area contributed by atoms with Gasteiger partial charge in [0, 0.05) is 0 Å². The molecule has 4 N–H and O–H groups in total. The predicted octanol–water partition coefficient (Wildman–Crippen LogP) is -1.30. The Balaban J connectivity index is 0. The van der Waals surface area contributed by atoms with Crippen LogP contribution < -0.4 is 0 Å². The lowest BCUT2D eigenvalue weighted by atomic mass is 15.7. The van der Waals surface area contributed by atoms with E-state index in [1.165, 1.54) is 0 Å². The molecule has 0 amide bonds. The normalized spacial score (nSPS) is 9.75. The maximum absolute atomic E-state index is 7.33. The van der Waals surface area contributed by atoms with Crippen molar-refractivity contribution in [1.29, 1.82) is 0 Å². The summed E-state index contributed by atoms with van der Waals surface area (Å²) >= 11 is 8.53. The molecule has 0 radical (unpaired) electrons. The monoisotopic (exact) mass is 182 g/mol. The molecule has 0 aliphatic carbocycles. The molecule has 8 heavy (non-hydrogen) atoms. The van der Waals surface area contributed by atoms with Gasteiger partial charge in [-0.3, -0.25) is 0 Å². The molecule has 5 nitrogen and oxygen atoms in total. The molecule has 52 valence electrons. The Kier molecular flexibility index (Phi) is 8.16. The fourth-order valence-corrected chi connectivity index (χ4v) is 0. The molecule has 8 heteroatoms. The third-order valence-corrected chi connectivity index (χ3v) is 0. The summed E-state index contributed by atoms with van der Waals surface area (Å²) in [5, 5.41) is 0. The zero-order valence-electron chi connectivity index (χ0n) is 3.45. The van der Waals surface area contributed by atoms with Gasteiger partial charge in [-0.25, -0.2) is 0 Å². The first kappa shape index (κ1) is 11.4. The van der Waals surface area contributed by atoms with Crippen molar-refractivity contribution in [1.82, 2.24) is 0 Å². The molecule has 0 saturated carbocycles. The van der Waals surface area contributed by atoms with Gasteiger partial charge in [-0.05, 0) is 0 Å². The minimum absolute atomic E-state index is 3.19. The molecule has 0 fully saturated rings. The van der Waals surface area contributed by atoms with Gasteiger partial charge in [0.05, 0.1) is 23.7 Å². The van der Waals surface area contributed by atoms with Crippen molar-refractivity contribution in [3.05, 3.63) is 0 Å². The van der Waals surface area contributed by atoms with E-state index >= 15 is 0 Å². The topological polar surface area (TPSA) is 90.2 Å². The highest BCUT2D eigenvalue weighted by molar-refractivity contribution is 6.46. The standard InChI is InChI=1S/Cl2O.H4O4Si/c1-3-2;1-5(2,3)4/h;1-4H. The molecule has 0 heterocycles. The lowest BCUT2D eigenvalue weighted by molar-refractivity contribution is 0.117. The number of halogens is 2. The number of hydrogen-bond acceptors (Lipinski definition) is 5. The molecule has 0 saturated heterocycles. The van der Waals surface area contributed by atoms with Crippen molar-refractivity contribution in [3.63, 3.8) is 0 Å². The Morgan fingerprint density at radius 2 is 1.00 bits per heavy atom. The van der Waals surface area contributed by atoms with Crippen LogP contribution in [0, 0.1) is 0 Å². The number of hydrogen-bond donors (Lipinski definition) is 4. The Morgan fingerprint density at radius 1 is 1.00 bits per heavy atom. The van der Waals surface area contributed by atoms with Crippen LogP contribution in [0.2, 0.25) is 0 Å². The maximum atomic E-state index is 7.33. The van der Waals surface area contributed by atoms with E-state index in [0.29, 0.717) is 0 Å². The Bertz CT molecular complexity index is 34.2. The van der Waals surface area contributed by atoms with Crippen molar-refractivity contribution in [2.24, 2.45) is 0 Å². The molecule has 0 aliphatic heterocycles. The van der Waals surface area contributed by atoms with Crippen molar-refractivity contribution in [2.45, 2.75) is 0 Å². The van der Waals surface area contributed by atoms with Gasteiger partial charge in [0.25, 0.3) is 0 Å². The van der Waals surface area contributed by atoms with Gasteiger partial charge in [-0.1, -0.05) is 0 Å². The second kappa shape index (κ2) is 5.73. The molecule has 0 aromatic carbocycles. The first-order chi connectivity index (χ1) is 3.41. The van der Waals surface area contributed by atoms with Gasteiger partial charge >= 0.3 is 9.05 Å². The molecule has 0 aromatic heterocycles. The predicted molar refractivity (Wildman–Crippen MR) is 27.4 cm³/mol. The molecule has 0 bridgehead atoms. The van der Waals surface area contributed by atoms with Crippen LogP contribution >= 0.6 is 23.7 Å². The van der Waals surface area contributed by atoms with Gasteiger partial charge in [0.2, 0.25) is 0 Å². The van der Waals surface area contributed by atoms with E-state index in [1.807, 2.05) is 0 Å². The van der Waals surface area contributed by atoms with Gasteiger partial charge in [-0.15, -0.1) is 0 Å². The zero-order valence-corrected chi connectivity index (χ0v) is 5.96. The first-order valence-corrected chi connectivity index (χ1v) is 3.61. The van der Waals surface area contributed by atoms with E-state index in [4.69, 9.17) is 19.2 Å². The van der Waals surface area contributed by atoms with Gasteiger partial charge < -0.3 is 19.2 Å². The van der Waals surface area contributed by atoms with E-state index in [0.717, 1.165) is 0 Å². The summed E-state index contributed by atoms with van der Waals surface area (Å²) in [5.41, 5.74) is 0. The van der Waals surface area contributed by atoms with E-state index in [-0.39, 0.29) is 0 Å². The summed E-state index contributed by atoms with van der Waals surface area (Å²) in [7, 11) is -4.61. The Labute approximate surface area is 56.5 Å². The molecule has 0 aliphatic rings. The lowest BCUT2D eigenvalue weighted by Crippen LogP contribution is -2.33. The summed E-state index contributed by atoms with van der Waals surface area (Å²) in [6.07, 6.45) is 0. The fraction of sp³-hybridized carbons (Fsp3) is 0. The summed E-state index contributed by atoms with van der Waals surface area (Å²) in [5.74, 6) is 0. The number of rotatable bonds is 0. The molecule has 0 spiro atoms. The van der Waals surface area contributed by atoms with Crippen LogP contribution in [0.5, 0.6) is 0 Å². The summed E-state index contributed by atoms with van der Waals surface area (Å²) in [6.45, 7) is 0. The largest absolute Gasteiger partial charge is 0.668 e. The van der Waals surface area contributed by atoms with Crippen molar-refractivity contribution < 1.29 is 23.0 Å². The fourth-order valence-electron chi connectivity index (χ4n) is 0. The minimum atomic E-state index is -4.61. The van der Waals surface area contributed by atoms with Crippen LogP contribution in [0.15, 0.2) is 0 Å². The van der Waals surface area contributed by atoms with Crippen LogP contribution in [-0.2, 0) is 3.84 Å². The zero-order chi connectivity index (χ0) is 7.21. The third-order valence-electron chi connectivity index (χ3n) is 0. The third kappa shape index (κ3) is 580. The molecule has 0 unspecified atom stereocenters. The lowest BCUT2D eigenvalue weighted by Gasteiger charge is -1.91. The van der Waals surface area contributed by atoms with Crippen LogP contribution in [0.1, 0.15) is 0 Å². The van der Waals surface area contributed by atoms with Gasteiger partial charge in [-0.2, -0.15) is 3.84 Å². The molecule has 0 aromatic rings. The molecule has 0 rings (SSSR count). The average molecular weight is 183 g/mol. The van der Waals surface area contributed by atoms with Crippen molar-refractivity contribution in [2.75, 3.05) is 0 Å². The molecule has 0 atom stereocenters. The summed E-state index contributed by atoms with van der Waals surface area (Å²) in [4.78, 5) is 29.3. The highest BCUT2D eigenvalue weighted by Crippen LogP contribution is 1.78. The highest BCUT2D eigenvalue weighted by Gasteiger charge is 2.22. The first-order valence-electron chi connectivity index (χ1n) is 1.20. The van der Waals surface area contributed by atoms with Gasteiger partial charge in [0.1, 0.15) is 0 Å². The Hall–Kier alpha value is 0.597. The highest BCUT2D eigenvalue weighted by atomic mass is 35.6. The van der Waals surface area contributed by atoms with E-state index in [2.05, 4.69) is 27.6 Å². The van der Waals surface area contributed by atoms with Crippen LogP contribution in [-0.4, -0.2) is 28.2 Å². The van der Waals surface area contributed by atoms with Crippen LogP contribution in [0.4, 0.5) is 0 Å². The van der Waals surface area contributed by atoms with Crippen LogP contribution in [0.3, 0.4) is 0 Å². The minimum Gasteiger partial charge on any atom is -0.368 e. The summed E-state index contributed by atoms with van der Waals surface area (Å²) in [6, 6.07) is 0. The van der Waals surface area contributed by atoms with E-state index in [1.54, 1.807) is 0 Å². The second-order valence-electron chi connectivity index (χ2n) is 0.658. The summed E-state index contributed by atoms with van der Waals surface area (Å²) < 4.78 is 3.19. The molecular formula is H4Cl2O5Si. The van der Waals surface area contributed by atoms with Gasteiger partial charge in [0.15, 0.2) is 0 Å². The SMILES string of the molecule is ClOCl.O[Si](O)(O)O. The maximum Gasteiger partial charge on any atom is 0.668 e. The van der Waals surface area contributed by atoms with E-state index < -0.39 is 9.05 Å². The Morgan fingerprint density at radius 3 is 1.00 bits per heavy atom. The van der Waals surface area contributed by atoms with E-state index in [9.17, 15) is 0 Å². The smallest absolute Gasteiger partial charge is 0.368 e. The quantitative estimate of drug-likeness (QED) is 0.350. The molecular weight excluding hydrogens is 179 g/mol. The van der Waals surface area contributed by atoms with Crippen molar-refractivity contribution in [3.8, 4) is 0 Å². The van der Waals surface area contributed by atoms with Crippen LogP contribution in [0.25, 0.3) is 0 Å². The van der Waals surface area contributed by atoms with Crippen molar-refractivity contribution >= 4 is 32.8 Å². The second-order valence-corrected chi connectivity index (χ2v) is 2.32.